The van der Waals surface area contributed by atoms with E-state index in [0.29, 0.717) is 19.5 Å². The molecule has 0 saturated carbocycles. The molecule has 2 rings (SSSR count). The van der Waals surface area contributed by atoms with Crippen LogP contribution < -0.4 is 4.74 Å². The van der Waals surface area contributed by atoms with Crippen LogP contribution in [0.5, 0.6) is 5.75 Å². The van der Waals surface area contributed by atoms with Crippen LogP contribution in [0, 0.1) is 0 Å². The largest absolute Gasteiger partial charge is 0.494 e. The van der Waals surface area contributed by atoms with Crippen LogP contribution in [0.1, 0.15) is 38.2 Å². The van der Waals surface area contributed by atoms with E-state index in [1.165, 1.54) is 7.11 Å². The lowest BCUT2D eigenvalue weighted by Gasteiger charge is -2.21. The zero-order valence-corrected chi connectivity index (χ0v) is 16.2. The molecule has 0 unspecified atom stereocenters. The number of ether oxygens (including phenoxy) is 2. The molecular weight excluding hydrogens is 350 g/mol. The second-order valence-corrected chi connectivity index (χ2v) is 6.33. The fraction of sp³-hybridized carbons (Fsp3) is 0.600. The number of carbonyl (C=O) groups excluding carboxylic acids is 2. The van der Waals surface area contributed by atoms with Gasteiger partial charge >= 0.3 is 5.97 Å². The third kappa shape index (κ3) is 8.51. The van der Waals surface area contributed by atoms with Gasteiger partial charge in [-0.1, -0.05) is 25.5 Å². The number of unbranched alkanes of at least 4 members (excludes halogenated alkanes) is 1. The Hall–Kier alpha value is -1.96. The Morgan fingerprint density at radius 1 is 1.19 bits per heavy atom. The second kappa shape index (κ2) is 13.2. The Morgan fingerprint density at radius 2 is 1.85 bits per heavy atom. The number of ketones is 1. The van der Waals surface area contributed by atoms with Gasteiger partial charge in [-0.25, -0.2) is 0 Å². The van der Waals surface area contributed by atoms with Crippen LogP contribution in [0.4, 0.5) is 0 Å². The Balaban J connectivity index is 0.000000646. The van der Waals surface area contributed by atoms with Crippen molar-refractivity contribution < 1.29 is 29.3 Å². The van der Waals surface area contributed by atoms with E-state index in [1.807, 2.05) is 29.2 Å². The summed E-state index contributed by atoms with van der Waals surface area (Å²) in [6.45, 7) is 3.89. The molecule has 0 aromatic heterocycles. The molecule has 1 aromatic carbocycles. The number of Topliss-reactive ketones (excluding diaryl/α,β-unsaturated/α-hetero) is 1. The maximum absolute atomic E-state index is 11.7. The zero-order valence-electron chi connectivity index (χ0n) is 16.2. The van der Waals surface area contributed by atoms with Crippen molar-refractivity contribution in [2.75, 3.05) is 33.5 Å². The number of carbonyl (C=O) groups is 2. The quantitative estimate of drug-likeness (QED) is 0.495. The van der Waals surface area contributed by atoms with E-state index in [9.17, 15) is 9.59 Å². The maximum Gasteiger partial charge on any atom is 0.323 e. The average molecular weight is 381 g/mol. The Morgan fingerprint density at radius 3 is 2.37 bits per heavy atom. The summed E-state index contributed by atoms with van der Waals surface area (Å²) < 4.78 is 10.4. The van der Waals surface area contributed by atoms with Crippen LogP contribution in [0.15, 0.2) is 24.3 Å². The summed E-state index contributed by atoms with van der Waals surface area (Å²) in [6, 6.07) is 7.33. The fourth-order valence-electron chi connectivity index (χ4n) is 2.61. The highest BCUT2D eigenvalue weighted by molar-refractivity contribution is 5.91. The molecule has 1 heterocycles. The van der Waals surface area contributed by atoms with E-state index in [2.05, 4.69) is 6.92 Å². The zero-order chi connectivity index (χ0) is 20.1. The van der Waals surface area contributed by atoms with Gasteiger partial charge in [0.05, 0.1) is 20.3 Å². The minimum absolute atomic E-state index is 0.0786. The third-order valence-electron chi connectivity index (χ3n) is 4.11. The number of hydrogen-bond acceptors (Lipinski definition) is 7. The lowest BCUT2D eigenvalue weighted by molar-refractivity contribution is -0.146. The van der Waals surface area contributed by atoms with Crippen molar-refractivity contribution in [1.29, 1.82) is 0 Å². The van der Waals surface area contributed by atoms with Crippen molar-refractivity contribution in [2.45, 2.75) is 45.2 Å². The predicted octanol–water partition coefficient (Wildman–Crippen LogP) is 1.54. The van der Waals surface area contributed by atoms with Crippen LogP contribution >= 0.6 is 0 Å². The molecule has 7 nitrogen and oxygen atoms in total. The van der Waals surface area contributed by atoms with Crippen molar-refractivity contribution in [2.24, 2.45) is 0 Å². The highest BCUT2D eigenvalue weighted by Gasteiger charge is 2.36. The summed E-state index contributed by atoms with van der Waals surface area (Å²) in [7, 11) is 1.35. The van der Waals surface area contributed by atoms with E-state index in [0.717, 1.165) is 30.8 Å². The lowest BCUT2D eigenvalue weighted by Crippen LogP contribution is -2.36. The molecule has 27 heavy (non-hydrogen) atoms. The monoisotopic (exact) mass is 381 g/mol. The number of aliphatic hydroxyl groups is 2. The van der Waals surface area contributed by atoms with Gasteiger partial charge < -0.3 is 19.7 Å². The standard InChI is InChI=1S/C17H23NO4.C3H8O2/c1-3-4-9-22-15-7-5-13(6-8-15)11-18-12-14(19)10-16(18)17(20)21-2;4-2-1-3-5/h5-8,16H,3-4,9-12H2,1-2H3;4-5H,1-3H2/t16-;/m1./s1. The number of rotatable bonds is 9. The van der Waals surface area contributed by atoms with Gasteiger partial charge in [0, 0.05) is 26.2 Å². The number of hydrogen-bond donors (Lipinski definition) is 2. The van der Waals surface area contributed by atoms with Crippen LogP contribution in [-0.4, -0.2) is 66.4 Å². The molecule has 2 N–H and O–H groups in total. The highest BCUT2D eigenvalue weighted by atomic mass is 16.5. The van der Waals surface area contributed by atoms with E-state index in [1.54, 1.807) is 0 Å². The molecule has 1 atom stereocenters. The highest BCUT2D eigenvalue weighted by Crippen LogP contribution is 2.20. The number of benzene rings is 1. The van der Waals surface area contributed by atoms with Crippen molar-refractivity contribution in [3.05, 3.63) is 29.8 Å². The number of nitrogens with zero attached hydrogens (tertiary/aromatic N) is 1. The summed E-state index contributed by atoms with van der Waals surface area (Å²) in [6.07, 6.45) is 2.89. The van der Waals surface area contributed by atoms with Gasteiger partial charge in [-0.15, -0.1) is 0 Å². The van der Waals surface area contributed by atoms with Gasteiger partial charge in [-0.2, -0.15) is 0 Å². The Bertz CT molecular complexity index is 558. The first-order chi connectivity index (χ1) is 13.0. The van der Waals surface area contributed by atoms with Crippen LogP contribution in [0.2, 0.25) is 0 Å². The first kappa shape index (κ1) is 23.1. The molecule has 152 valence electrons. The molecule has 0 radical (unpaired) electrons. The number of likely N-dealkylation sites (tertiary alicyclic amines) is 1. The minimum Gasteiger partial charge on any atom is -0.494 e. The van der Waals surface area contributed by atoms with Crippen LogP contribution in [0.3, 0.4) is 0 Å². The van der Waals surface area contributed by atoms with Crippen molar-refractivity contribution in [3.63, 3.8) is 0 Å². The molecular formula is C20H31NO6. The molecule has 7 heteroatoms. The molecule has 1 aromatic rings. The number of aliphatic hydroxyl groups excluding tert-OH is 2. The van der Waals surface area contributed by atoms with E-state index in [4.69, 9.17) is 19.7 Å². The van der Waals surface area contributed by atoms with Crippen molar-refractivity contribution in [3.8, 4) is 5.75 Å². The minimum atomic E-state index is -0.460. The van der Waals surface area contributed by atoms with Gasteiger partial charge in [0.25, 0.3) is 0 Å². The first-order valence-corrected chi connectivity index (χ1v) is 9.32. The fourth-order valence-corrected chi connectivity index (χ4v) is 2.61. The molecule has 0 amide bonds. The van der Waals surface area contributed by atoms with Crippen molar-refractivity contribution >= 4 is 11.8 Å². The van der Waals surface area contributed by atoms with E-state index >= 15 is 0 Å². The van der Waals surface area contributed by atoms with Gasteiger partial charge in [0.15, 0.2) is 0 Å². The third-order valence-corrected chi connectivity index (χ3v) is 4.11. The van der Waals surface area contributed by atoms with Crippen LogP contribution in [0.25, 0.3) is 0 Å². The van der Waals surface area contributed by atoms with Gasteiger partial charge in [0.1, 0.15) is 17.6 Å². The van der Waals surface area contributed by atoms with E-state index < -0.39 is 6.04 Å². The van der Waals surface area contributed by atoms with Crippen molar-refractivity contribution in [1.82, 2.24) is 4.90 Å². The smallest absolute Gasteiger partial charge is 0.323 e. The van der Waals surface area contributed by atoms with E-state index in [-0.39, 0.29) is 31.4 Å². The van der Waals surface area contributed by atoms with Gasteiger partial charge in [-0.3, -0.25) is 14.5 Å². The second-order valence-electron chi connectivity index (χ2n) is 6.33. The van der Waals surface area contributed by atoms with Crippen LogP contribution in [-0.2, 0) is 20.9 Å². The SMILES string of the molecule is CCCCOc1ccc(CN2CC(=O)C[C@@H]2C(=O)OC)cc1.OCCCO. The summed E-state index contributed by atoms with van der Waals surface area (Å²) >= 11 is 0. The predicted molar refractivity (Wildman–Crippen MR) is 101 cm³/mol. The Labute approximate surface area is 160 Å². The molecule has 0 aliphatic carbocycles. The lowest BCUT2D eigenvalue weighted by atomic mass is 10.1. The first-order valence-electron chi connectivity index (χ1n) is 9.32. The Kier molecular flexibility index (Phi) is 11.3. The summed E-state index contributed by atoms with van der Waals surface area (Å²) in [5.74, 6) is 0.583. The number of esters is 1. The molecule has 1 fully saturated rings. The normalized spacial score (nSPS) is 16.6. The summed E-state index contributed by atoms with van der Waals surface area (Å²) in [5.41, 5.74) is 1.05. The summed E-state index contributed by atoms with van der Waals surface area (Å²) in [5, 5.41) is 15.8. The molecule has 1 saturated heterocycles. The maximum atomic E-state index is 11.7. The average Bonchev–Trinajstić information content (AvgIpc) is 3.04. The summed E-state index contributed by atoms with van der Waals surface area (Å²) in [4.78, 5) is 25.2. The number of methoxy groups -OCH3 is 1. The molecule has 1 aliphatic rings. The molecule has 0 spiro atoms. The molecule has 1 aliphatic heterocycles. The molecule has 0 bridgehead atoms. The van der Waals surface area contributed by atoms with Gasteiger partial charge in [-0.05, 0) is 30.5 Å². The van der Waals surface area contributed by atoms with Gasteiger partial charge in [0.2, 0.25) is 0 Å². The topological polar surface area (TPSA) is 96.3 Å².